The van der Waals surface area contributed by atoms with E-state index in [1.807, 2.05) is 40.0 Å². The molecule has 1 aromatic carbocycles. The Balaban J connectivity index is 1.20. The van der Waals surface area contributed by atoms with Crippen LogP contribution in [0.5, 0.6) is 0 Å². The second-order valence-corrected chi connectivity index (χ2v) is 11.2. The second kappa shape index (κ2) is 12.3. The lowest BCUT2D eigenvalue weighted by Crippen LogP contribution is -2.57. The lowest BCUT2D eigenvalue weighted by molar-refractivity contribution is -0.156. The Labute approximate surface area is 221 Å². The minimum Gasteiger partial charge on any atom is -0.460 e. The average Bonchev–Trinajstić information content (AvgIpc) is 2.85. The maximum atomic E-state index is 11.8. The van der Waals surface area contributed by atoms with E-state index in [9.17, 15) is 4.79 Å². The number of rotatable bonds is 9. The number of ether oxygens (including phenoxy) is 3. The maximum absolute atomic E-state index is 11.8. The van der Waals surface area contributed by atoms with Crippen LogP contribution in [-0.2, 0) is 32.0 Å². The third-order valence-corrected chi connectivity index (χ3v) is 6.88. The first-order valence-electron chi connectivity index (χ1n) is 13.5. The number of aryl methyl sites for hydroxylation is 1. The molecule has 37 heavy (non-hydrogen) atoms. The number of carbonyl (C=O) groups excluding carboxylic acids is 1. The van der Waals surface area contributed by atoms with Crippen molar-refractivity contribution in [3.8, 4) is 0 Å². The van der Waals surface area contributed by atoms with E-state index in [0.717, 1.165) is 70.2 Å². The van der Waals surface area contributed by atoms with Gasteiger partial charge in [-0.05, 0) is 64.2 Å². The maximum Gasteiger partial charge on any atom is 0.308 e. The van der Waals surface area contributed by atoms with Crippen LogP contribution in [0.25, 0.3) is 0 Å². The minimum atomic E-state index is -0.452. The standard InChI is InChI=1S/C29H42N4O4/c1-23-8-13-30-27(31-23)33-16-19-36-29(22-33)11-14-32(15-12-29)21-25-7-5-6-24(20-25)9-17-35-18-10-26(34)37-28(2,3)4/h5-8,13,20H,9-12,14-19,21-22H2,1-4H3. The van der Waals surface area contributed by atoms with Crippen molar-refractivity contribution < 1.29 is 19.0 Å². The SMILES string of the molecule is Cc1ccnc(N2CCOC3(CCN(Cc4cccc(CCOCCC(=O)OC(C)(C)C)c4)CC3)C2)n1. The fourth-order valence-electron chi connectivity index (χ4n) is 5.01. The van der Waals surface area contributed by atoms with Crippen LogP contribution < -0.4 is 4.90 Å². The number of benzene rings is 1. The molecule has 2 aliphatic heterocycles. The van der Waals surface area contributed by atoms with Gasteiger partial charge in [-0.3, -0.25) is 9.69 Å². The summed E-state index contributed by atoms with van der Waals surface area (Å²) >= 11 is 0. The fourth-order valence-corrected chi connectivity index (χ4v) is 5.01. The van der Waals surface area contributed by atoms with Gasteiger partial charge in [-0.2, -0.15) is 0 Å². The monoisotopic (exact) mass is 510 g/mol. The number of nitrogens with zero attached hydrogens (tertiary/aromatic N) is 4. The van der Waals surface area contributed by atoms with Gasteiger partial charge in [-0.15, -0.1) is 0 Å². The minimum absolute atomic E-state index is 0.111. The van der Waals surface area contributed by atoms with E-state index in [4.69, 9.17) is 14.2 Å². The number of aromatic nitrogens is 2. The van der Waals surface area contributed by atoms with Crippen LogP contribution in [0.2, 0.25) is 0 Å². The molecular formula is C29H42N4O4. The number of piperidine rings is 1. The number of carbonyl (C=O) groups is 1. The summed E-state index contributed by atoms with van der Waals surface area (Å²) in [5.74, 6) is 0.600. The van der Waals surface area contributed by atoms with Crippen molar-refractivity contribution in [2.45, 2.75) is 71.1 Å². The van der Waals surface area contributed by atoms with Crippen molar-refractivity contribution in [3.63, 3.8) is 0 Å². The topological polar surface area (TPSA) is 77.0 Å². The van der Waals surface area contributed by atoms with Crippen LogP contribution in [0.15, 0.2) is 36.5 Å². The van der Waals surface area contributed by atoms with Gasteiger partial charge in [0.1, 0.15) is 5.60 Å². The smallest absolute Gasteiger partial charge is 0.308 e. The van der Waals surface area contributed by atoms with Crippen LogP contribution >= 0.6 is 0 Å². The Morgan fingerprint density at radius 1 is 1.11 bits per heavy atom. The molecular weight excluding hydrogens is 468 g/mol. The summed E-state index contributed by atoms with van der Waals surface area (Å²) in [5.41, 5.74) is 3.01. The fraction of sp³-hybridized carbons (Fsp3) is 0.621. The van der Waals surface area contributed by atoms with Crippen LogP contribution in [0.1, 0.15) is 56.9 Å². The zero-order valence-corrected chi connectivity index (χ0v) is 22.9. The van der Waals surface area contributed by atoms with E-state index >= 15 is 0 Å². The van der Waals surface area contributed by atoms with Crippen molar-refractivity contribution >= 4 is 11.9 Å². The zero-order chi connectivity index (χ0) is 26.3. The summed E-state index contributed by atoms with van der Waals surface area (Å²) in [6, 6.07) is 10.7. The molecule has 2 aromatic rings. The number of hydrogen-bond acceptors (Lipinski definition) is 8. The van der Waals surface area contributed by atoms with Crippen molar-refractivity contribution in [1.82, 2.24) is 14.9 Å². The number of anilines is 1. The van der Waals surface area contributed by atoms with E-state index in [0.29, 0.717) is 13.2 Å². The normalized spacial score (nSPS) is 18.2. The molecule has 1 aromatic heterocycles. The van der Waals surface area contributed by atoms with Crippen molar-refractivity contribution in [1.29, 1.82) is 0 Å². The van der Waals surface area contributed by atoms with E-state index in [2.05, 4.69) is 44.0 Å². The van der Waals surface area contributed by atoms with Gasteiger partial charge in [0.05, 0.1) is 38.4 Å². The van der Waals surface area contributed by atoms with Gasteiger partial charge < -0.3 is 19.1 Å². The van der Waals surface area contributed by atoms with Gasteiger partial charge in [-0.1, -0.05) is 24.3 Å². The Morgan fingerprint density at radius 3 is 2.65 bits per heavy atom. The predicted octanol–water partition coefficient (Wildman–Crippen LogP) is 3.95. The molecule has 8 nitrogen and oxygen atoms in total. The molecule has 0 radical (unpaired) electrons. The Bertz CT molecular complexity index is 1030. The number of likely N-dealkylation sites (tertiary alicyclic amines) is 1. The van der Waals surface area contributed by atoms with Gasteiger partial charge in [0.25, 0.3) is 0 Å². The van der Waals surface area contributed by atoms with Crippen molar-refractivity contribution in [3.05, 3.63) is 53.3 Å². The molecule has 202 valence electrons. The quantitative estimate of drug-likeness (QED) is 0.371. The molecule has 0 aliphatic carbocycles. The summed E-state index contributed by atoms with van der Waals surface area (Å²) < 4.78 is 17.3. The third-order valence-electron chi connectivity index (χ3n) is 6.88. The molecule has 0 N–H and O–H groups in total. The van der Waals surface area contributed by atoms with Gasteiger partial charge in [0.15, 0.2) is 0 Å². The zero-order valence-electron chi connectivity index (χ0n) is 22.9. The van der Waals surface area contributed by atoms with Crippen molar-refractivity contribution in [2.24, 2.45) is 0 Å². The highest BCUT2D eigenvalue weighted by atomic mass is 16.6. The second-order valence-electron chi connectivity index (χ2n) is 11.2. The molecule has 4 rings (SSSR count). The Kier molecular flexibility index (Phi) is 9.16. The number of esters is 1. The Morgan fingerprint density at radius 2 is 1.89 bits per heavy atom. The molecule has 8 heteroatoms. The number of hydrogen-bond donors (Lipinski definition) is 0. The van der Waals surface area contributed by atoms with Gasteiger partial charge in [0.2, 0.25) is 5.95 Å². The van der Waals surface area contributed by atoms with Crippen molar-refractivity contribution in [2.75, 3.05) is 50.9 Å². The molecule has 0 bridgehead atoms. The number of morpholine rings is 1. The third kappa shape index (κ3) is 8.48. The van der Waals surface area contributed by atoms with Gasteiger partial charge in [-0.25, -0.2) is 9.97 Å². The van der Waals surface area contributed by atoms with Crippen LogP contribution in [0.3, 0.4) is 0 Å². The van der Waals surface area contributed by atoms with Crippen LogP contribution in [0.4, 0.5) is 5.95 Å². The molecule has 0 unspecified atom stereocenters. The summed E-state index contributed by atoms with van der Waals surface area (Å²) in [6.07, 6.45) is 4.98. The highest BCUT2D eigenvalue weighted by molar-refractivity contribution is 5.69. The first kappa shape index (κ1) is 27.5. The molecule has 1 spiro atoms. The van der Waals surface area contributed by atoms with Gasteiger partial charge in [0, 0.05) is 38.1 Å². The molecule has 0 amide bonds. The van der Waals surface area contributed by atoms with E-state index in [1.54, 1.807) is 0 Å². The first-order chi connectivity index (χ1) is 17.7. The molecule has 2 aliphatic rings. The van der Waals surface area contributed by atoms with E-state index in [1.165, 1.54) is 11.1 Å². The van der Waals surface area contributed by atoms with Crippen LogP contribution in [-0.4, -0.2) is 78.0 Å². The highest BCUT2D eigenvalue weighted by Gasteiger charge is 2.40. The highest BCUT2D eigenvalue weighted by Crippen LogP contribution is 2.32. The molecule has 2 saturated heterocycles. The largest absolute Gasteiger partial charge is 0.460 e. The predicted molar refractivity (Wildman–Crippen MR) is 144 cm³/mol. The first-order valence-corrected chi connectivity index (χ1v) is 13.5. The Hall–Kier alpha value is -2.55. The summed E-state index contributed by atoms with van der Waals surface area (Å²) in [6.45, 7) is 14.0. The van der Waals surface area contributed by atoms with E-state index in [-0.39, 0.29) is 18.0 Å². The van der Waals surface area contributed by atoms with Gasteiger partial charge >= 0.3 is 5.97 Å². The van der Waals surface area contributed by atoms with Crippen LogP contribution in [0, 0.1) is 6.92 Å². The lowest BCUT2D eigenvalue weighted by atomic mass is 9.89. The molecule has 0 saturated carbocycles. The lowest BCUT2D eigenvalue weighted by Gasteiger charge is -2.47. The summed E-state index contributed by atoms with van der Waals surface area (Å²) in [4.78, 5) is 25.7. The summed E-state index contributed by atoms with van der Waals surface area (Å²) in [5, 5.41) is 0. The molecule has 3 heterocycles. The summed E-state index contributed by atoms with van der Waals surface area (Å²) in [7, 11) is 0. The molecule has 2 fully saturated rings. The average molecular weight is 511 g/mol. The molecule has 0 atom stereocenters. The van der Waals surface area contributed by atoms with E-state index < -0.39 is 5.60 Å².